The topological polar surface area (TPSA) is 24.9 Å². The number of halogens is 1. The van der Waals surface area contributed by atoms with Gasteiger partial charge in [-0.1, -0.05) is 18.5 Å². The van der Waals surface area contributed by atoms with E-state index in [1.54, 1.807) is 6.20 Å². The highest BCUT2D eigenvalue weighted by Crippen LogP contribution is 2.36. The van der Waals surface area contributed by atoms with Gasteiger partial charge in [-0.05, 0) is 36.8 Å². The van der Waals surface area contributed by atoms with Gasteiger partial charge >= 0.3 is 0 Å². The lowest BCUT2D eigenvalue weighted by Gasteiger charge is -2.12. The van der Waals surface area contributed by atoms with Crippen LogP contribution < -0.4 is 5.32 Å². The van der Waals surface area contributed by atoms with E-state index in [4.69, 9.17) is 11.6 Å². The largest absolute Gasteiger partial charge is 0.385 e. The minimum absolute atomic E-state index is 0.550. The number of nitrogens with zero attached hydrogens (tertiary/aromatic N) is 1. The first-order valence-electron chi connectivity index (χ1n) is 5.11. The van der Waals surface area contributed by atoms with E-state index in [1.165, 1.54) is 12.8 Å². The van der Waals surface area contributed by atoms with Crippen molar-refractivity contribution in [3.05, 3.63) is 23.5 Å². The lowest BCUT2D eigenvalue weighted by atomic mass is 10.1. The maximum Gasteiger partial charge on any atom is 0.131 e. The fraction of sp³-hybridized carbons (Fsp3) is 0.545. The minimum atomic E-state index is 0.550. The molecule has 1 saturated carbocycles. The van der Waals surface area contributed by atoms with Crippen LogP contribution in [0.5, 0.6) is 0 Å². The molecule has 1 aromatic heterocycles. The van der Waals surface area contributed by atoms with Crippen molar-refractivity contribution in [1.29, 1.82) is 0 Å². The summed E-state index contributed by atoms with van der Waals surface area (Å²) in [6.07, 6.45) is 4.53. The van der Waals surface area contributed by atoms with E-state index in [-0.39, 0.29) is 0 Å². The molecule has 76 valence electrons. The van der Waals surface area contributed by atoms with Gasteiger partial charge in [0.05, 0.1) is 0 Å². The van der Waals surface area contributed by atoms with E-state index >= 15 is 0 Å². The van der Waals surface area contributed by atoms with Crippen molar-refractivity contribution in [3.8, 4) is 0 Å². The van der Waals surface area contributed by atoms with Gasteiger partial charge in [0.1, 0.15) is 5.15 Å². The van der Waals surface area contributed by atoms with Gasteiger partial charge in [0.25, 0.3) is 0 Å². The van der Waals surface area contributed by atoms with Gasteiger partial charge in [-0.25, -0.2) is 4.98 Å². The molecule has 0 saturated heterocycles. The quantitative estimate of drug-likeness (QED) is 0.773. The predicted molar refractivity (Wildman–Crippen MR) is 59.6 cm³/mol. The molecule has 1 N–H and O–H groups in total. The Hall–Kier alpha value is -0.760. The fourth-order valence-electron chi connectivity index (χ4n) is 1.62. The third kappa shape index (κ3) is 2.61. The second kappa shape index (κ2) is 4.18. The summed E-state index contributed by atoms with van der Waals surface area (Å²) in [6.45, 7) is 3.33. The van der Waals surface area contributed by atoms with Gasteiger partial charge < -0.3 is 5.32 Å². The van der Waals surface area contributed by atoms with Crippen molar-refractivity contribution >= 4 is 17.3 Å². The van der Waals surface area contributed by atoms with Crippen molar-refractivity contribution in [2.45, 2.75) is 19.8 Å². The number of anilines is 1. The first-order valence-corrected chi connectivity index (χ1v) is 5.49. The summed E-state index contributed by atoms with van der Waals surface area (Å²) in [5.74, 6) is 1.71. The average molecular weight is 211 g/mol. The Labute approximate surface area is 89.7 Å². The van der Waals surface area contributed by atoms with Crippen molar-refractivity contribution in [3.63, 3.8) is 0 Å². The van der Waals surface area contributed by atoms with Crippen LogP contribution in [0.25, 0.3) is 0 Å². The predicted octanol–water partition coefficient (Wildman–Crippen LogP) is 3.19. The van der Waals surface area contributed by atoms with Crippen LogP contribution in [0.4, 0.5) is 5.69 Å². The van der Waals surface area contributed by atoms with Gasteiger partial charge in [0, 0.05) is 18.4 Å². The average Bonchev–Trinajstić information content (AvgIpc) is 2.97. The molecule has 1 fully saturated rings. The molecule has 2 nitrogen and oxygen atoms in total. The van der Waals surface area contributed by atoms with Crippen LogP contribution in [0.2, 0.25) is 5.15 Å². The molecule has 0 aromatic carbocycles. The smallest absolute Gasteiger partial charge is 0.131 e. The molecule has 0 aliphatic heterocycles. The molecule has 1 heterocycles. The Morgan fingerprint density at radius 1 is 1.64 bits per heavy atom. The van der Waals surface area contributed by atoms with E-state index in [9.17, 15) is 0 Å². The Kier molecular flexibility index (Phi) is 2.92. The number of nitrogens with one attached hydrogen (secondary N) is 1. The molecule has 1 aliphatic carbocycles. The number of pyridine rings is 1. The molecule has 2 rings (SSSR count). The molecule has 3 heteroatoms. The summed E-state index contributed by atoms with van der Waals surface area (Å²) in [4.78, 5) is 3.94. The van der Waals surface area contributed by atoms with Crippen molar-refractivity contribution < 1.29 is 0 Å². The highest BCUT2D eigenvalue weighted by atomic mass is 35.5. The molecule has 1 unspecified atom stereocenters. The fourth-order valence-corrected chi connectivity index (χ4v) is 1.80. The van der Waals surface area contributed by atoms with Crippen LogP contribution in [0.3, 0.4) is 0 Å². The van der Waals surface area contributed by atoms with Gasteiger partial charge in [0.15, 0.2) is 0 Å². The molecule has 0 amide bonds. The maximum absolute atomic E-state index is 5.78. The van der Waals surface area contributed by atoms with Crippen LogP contribution >= 0.6 is 11.6 Å². The van der Waals surface area contributed by atoms with Crippen LogP contribution in [-0.4, -0.2) is 11.5 Å². The standard InChI is InChI=1S/C11H15ClN2/c1-8(9-2-3-9)7-14-10-4-5-13-11(12)6-10/h4-6,8-9H,2-3,7H2,1H3,(H,13,14). The van der Waals surface area contributed by atoms with Crippen molar-refractivity contribution in [2.75, 3.05) is 11.9 Å². The summed E-state index contributed by atoms with van der Waals surface area (Å²) in [7, 11) is 0. The molecule has 1 aromatic rings. The first-order chi connectivity index (χ1) is 6.75. The Bertz CT molecular complexity index is 310. The van der Waals surface area contributed by atoms with Crippen molar-refractivity contribution in [1.82, 2.24) is 4.98 Å². The minimum Gasteiger partial charge on any atom is -0.385 e. The van der Waals surface area contributed by atoms with Gasteiger partial charge in [-0.3, -0.25) is 0 Å². The SMILES string of the molecule is CC(CNc1ccnc(Cl)c1)C1CC1. The summed E-state index contributed by atoms with van der Waals surface area (Å²) in [6, 6.07) is 3.81. The first kappa shape index (κ1) is 9.78. The van der Waals surface area contributed by atoms with E-state index in [2.05, 4.69) is 17.2 Å². The number of aromatic nitrogens is 1. The van der Waals surface area contributed by atoms with Crippen LogP contribution in [-0.2, 0) is 0 Å². The third-order valence-corrected chi connectivity index (χ3v) is 2.99. The van der Waals surface area contributed by atoms with Gasteiger partial charge in [-0.15, -0.1) is 0 Å². The van der Waals surface area contributed by atoms with E-state index in [1.807, 2.05) is 12.1 Å². The van der Waals surface area contributed by atoms with E-state index in [0.29, 0.717) is 5.15 Å². The van der Waals surface area contributed by atoms with E-state index < -0.39 is 0 Å². The number of hydrogen-bond acceptors (Lipinski definition) is 2. The Morgan fingerprint density at radius 3 is 3.07 bits per heavy atom. The molecule has 0 radical (unpaired) electrons. The molecule has 1 atom stereocenters. The summed E-state index contributed by atoms with van der Waals surface area (Å²) in [5, 5.41) is 3.93. The van der Waals surface area contributed by atoms with Crippen LogP contribution in [0, 0.1) is 11.8 Å². The van der Waals surface area contributed by atoms with Gasteiger partial charge in [0.2, 0.25) is 0 Å². The lowest BCUT2D eigenvalue weighted by Crippen LogP contribution is -2.12. The lowest BCUT2D eigenvalue weighted by molar-refractivity contribution is 0.536. The summed E-state index contributed by atoms with van der Waals surface area (Å²) in [5.41, 5.74) is 1.07. The van der Waals surface area contributed by atoms with Gasteiger partial charge in [-0.2, -0.15) is 0 Å². The highest BCUT2D eigenvalue weighted by molar-refractivity contribution is 6.29. The zero-order valence-electron chi connectivity index (χ0n) is 8.33. The molecular weight excluding hydrogens is 196 g/mol. The van der Waals surface area contributed by atoms with Crippen molar-refractivity contribution in [2.24, 2.45) is 11.8 Å². The summed E-state index contributed by atoms with van der Waals surface area (Å²) >= 11 is 5.78. The molecule has 0 spiro atoms. The molecular formula is C11H15ClN2. The zero-order chi connectivity index (χ0) is 9.97. The van der Waals surface area contributed by atoms with Crippen LogP contribution in [0.1, 0.15) is 19.8 Å². The number of rotatable bonds is 4. The monoisotopic (exact) mass is 210 g/mol. The van der Waals surface area contributed by atoms with E-state index in [0.717, 1.165) is 24.1 Å². The highest BCUT2D eigenvalue weighted by Gasteiger charge is 2.27. The Morgan fingerprint density at radius 2 is 2.43 bits per heavy atom. The molecule has 1 aliphatic rings. The second-order valence-electron chi connectivity index (χ2n) is 4.06. The van der Waals surface area contributed by atoms with Crippen LogP contribution in [0.15, 0.2) is 18.3 Å². The zero-order valence-corrected chi connectivity index (χ0v) is 9.09. The third-order valence-electron chi connectivity index (χ3n) is 2.78. The Balaban J connectivity index is 1.84. The summed E-state index contributed by atoms with van der Waals surface area (Å²) < 4.78 is 0. The number of hydrogen-bond donors (Lipinski definition) is 1. The maximum atomic E-state index is 5.78. The second-order valence-corrected chi connectivity index (χ2v) is 4.45. The molecule has 14 heavy (non-hydrogen) atoms. The normalized spacial score (nSPS) is 17.9. The molecule has 0 bridgehead atoms.